The minimum absolute atomic E-state index is 0.185. The van der Waals surface area contributed by atoms with Crippen molar-refractivity contribution in [3.8, 4) is 0 Å². The molecule has 0 aliphatic heterocycles. The molecule has 140 valence electrons. The summed E-state index contributed by atoms with van der Waals surface area (Å²) < 4.78 is 12.6. The number of aryl methyl sites for hydroxylation is 1. The van der Waals surface area contributed by atoms with E-state index < -0.39 is 9.21 Å². The Bertz CT molecular complexity index is 848. The second-order valence-corrected chi connectivity index (χ2v) is 10.8. The fourth-order valence-corrected chi connectivity index (χ4v) is 5.48. The Morgan fingerprint density at radius 3 is 2.15 bits per heavy atom. The van der Waals surface area contributed by atoms with Crippen LogP contribution in [0.25, 0.3) is 0 Å². The van der Waals surface area contributed by atoms with Crippen LogP contribution in [0.2, 0.25) is 0 Å². The van der Waals surface area contributed by atoms with Crippen LogP contribution in [0.1, 0.15) is 26.3 Å². The van der Waals surface area contributed by atoms with E-state index in [2.05, 4.69) is 68.7 Å². The molecule has 0 radical (unpaired) electrons. The monoisotopic (exact) mass is 389 g/mol. The summed E-state index contributed by atoms with van der Waals surface area (Å²) in [6.07, 6.45) is 1.03. The van der Waals surface area contributed by atoms with Crippen molar-refractivity contribution in [2.24, 2.45) is 5.41 Å². The van der Waals surface area contributed by atoms with Gasteiger partial charge in [-0.3, -0.25) is 0 Å². The van der Waals surface area contributed by atoms with Crippen molar-refractivity contribution < 1.29 is 3.89 Å². The second-order valence-electron chi connectivity index (χ2n) is 7.28. The molecule has 0 aromatic heterocycles. The van der Waals surface area contributed by atoms with Crippen molar-refractivity contribution in [1.29, 1.82) is 0 Å². The fraction of sp³-hybridized carbons (Fsp3) is 0.273. The summed E-state index contributed by atoms with van der Waals surface area (Å²) in [6.45, 7) is 10.7. The third kappa shape index (κ3) is 5.18. The average molecular weight is 390 g/mol. The maximum Gasteiger partial charge on any atom is 0.0812 e. The first kappa shape index (κ1) is 20.7. The minimum Gasteiger partial charge on any atom is -0.359 e. The van der Waals surface area contributed by atoms with E-state index in [0.29, 0.717) is 4.90 Å². The Labute approximate surface area is 162 Å². The number of anilines is 1. The molecule has 2 aromatic rings. The molecule has 0 amide bonds. The highest BCUT2D eigenvalue weighted by Gasteiger charge is 2.24. The van der Waals surface area contributed by atoms with Gasteiger partial charge in [-0.2, -0.15) is 13.1 Å². The number of hydrogen-bond acceptors (Lipinski definition) is 2. The molecule has 0 bridgehead atoms. The van der Waals surface area contributed by atoms with Gasteiger partial charge >= 0.3 is 0 Å². The van der Waals surface area contributed by atoms with Crippen LogP contribution in [0.5, 0.6) is 0 Å². The predicted molar refractivity (Wildman–Crippen MR) is 121 cm³/mol. The molecule has 0 atom stereocenters. The van der Waals surface area contributed by atoms with Gasteiger partial charge in [0.1, 0.15) is 0 Å². The lowest BCUT2D eigenvalue weighted by Gasteiger charge is -2.32. The van der Waals surface area contributed by atoms with E-state index in [-0.39, 0.29) is 17.6 Å². The SMILES string of the molecule is C=C(Nc1ccc(SF)cc1)C(C)(C)CS(=C)(=C)c1ccc(CC)cc1. The number of nitrogens with one attached hydrogen (secondary N) is 1. The van der Waals surface area contributed by atoms with Crippen molar-refractivity contribution in [1.82, 2.24) is 0 Å². The van der Waals surface area contributed by atoms with Crippen molar-refractivity contribution in [2.75, 3.05) is 11.1 Å². The molecule has 1 N–H and O–H groups in total. The van der Waals surface area contributed by atoms with Crippen LogP contribution in [0.3, 0.4) is 0 Å². The molecule has 2 aromatic carbocycles. The van der Waals surface area contributed by atoms with E-state index in [1.807, 2.05) is 12.1 Å². The van der Waals surface area contributed by atoms with Crippen LogP contribution in [0.4, 0.5) is 9.57 Å². The molecule has 0 saturated heterocycles. The third-order valence-corrected chi connectivity index (χ3v) is 7.52. The van der Waals surface area contributed by atoms with Crippen LogP contribution in [0.15, 0.2) is 70.6 Å². The molecule has 0 unspecified atom stereocenters. The van der Waals surface area contributed by atoms with Crippen LogP contribution in [-0.2, 0) is 6.42 Å². The van der Waals surface area contributed by atoms with Gasteiger partial charge in [-0.1, -0.05) is 51.2 Å². The highest BCUT2D eigenvalue weighted by molar-refractivity contribution is 8.27. The largest absolute Gasteiger partial charge is 0.359 e. The van der Waals surface area contributed by atoms with Crippen molar-refractivity contribution in [3.05, 3.63) is 66.4 Å². The standard InChI is InChI=1S/C22H28FNS2/c1-7-18-8-14-21(15-9-18)26(5,6)16-22(3,4)17(2)24-19-10-12-20(25-23)13-11-19/h8-15,24H,2,5-7,16H2,1,3-4H3. The normalized spacial score (nSPS) is 12.0. The lowest BCUT2D eigenvalue weighted by molar-refractivity contribution is 0.520. The van der Waals surface area contributed by atoms with Crippen LogP contribution in [-0.4, -0.2) is 17.5 Å². The van der Waals surface area contributed by atoms with Crippen molar-refractivity contribution in [3.63, 3.8) is 0 Å². The van der Waals surface area contributed by atoms with Crippen LogP contribution >= 0.6 is 21.4 Å². The number of benzene rings is 2. The lowest BCUT2D eigenvalue weighted by Crippen LogP contribution is -2.24. The molecule has 2 rings (SSSR count). The van der Waals surface area contributed by atoms with E-state index in [9.17, 15) is 3.89 Å². The summed E-state index contributed by atoms with van der Waals surface area (Å²) in [4.78, 5) is 1.80. The van der Waals surface area contributed by atoms with Crippen molar-refractivity contribution in [2.45, 2.75) is 37.0 Å². The van der Waals surface area contributed by atoms with Gasteiger partial charge in [0.2, 0.25) is 0 Å². The predicted octanol–water partition coefficient (Wildman–Crippen LogP) is 6.91. The molecule has 0 saturated carbocycles. The van der Waals surface area contributed by atoms with Gasteiger partial charge in [-0.05, 0) is 59.0 Å². The molecule has 1 nitrogen and oxygen atoms in total. The second kappa shape index (κ2) is 8.36. The summed E-state index contributed by atoms with van der Waals surface area (Å²) >= 11 is 0.247. The molecule has 0 fully saturated rings. The van der Waals surface area contributed by atoms with E-state index in [0.717, 1.165) is 23.6 Å². The highest BCUT2D eigenvalue weighted by atomic mass is 32.2. The van der Waals surface area contributed by atoms with Gasteiger partial charge in [0.15, 0.2) is 0 Å². The molecule has 26 heavy (non-hydrogen) atoms. The van der Waals surface area contributed by atoms with E-state index in [1.54, 1.807) is 12.1 Å². The maximum atomic E-state index is 12.6. The number of hydrogen-bond donors (Lipinski definition) is 1. The summed E-state index contributed by atoms with van der Waals surface area (Å²) in [5.74, 6) is 9.73. The Morgan fingerprint density at radius 1 is 1.08 bits per heavy atom. The number of allylic oxidation sites excluding steroid dienone is 1. The summed E-state index contributed by atoms with van der Waals surface area (Å²) in [6, 6.07) is 15.9. The zero-order chi connectivity index (χ0) is 19.4. The quantitative estimate of drug-likeness (QED) is 0.493. The minimum atomic E-state index is -1.44. The Balaban J connectivity index is 2.12. The average Bonchev–Trinajstić information content (AvgIpc) is 2.61. The van der Waals surface area contributed by atoms with Gasteiger partial charge in [0, 0.05) is 21.7 Å². The van der Waals surface area contributed by atoms with Gasteiger partial charge in [0.25, 0.3) is 0 Å². The third-order valence-electron chi connectivity index (χ3n) is 4.52. The molecule has 4 heteroatoms. The highest BCUT2D eigenvalue weighted by Crippen LogP contribution is 2.41. The zero-order valence-electron chi connectivity index (χ0n) is 15.8. The van der Waals surface area contributed by atoms with E-state index in [4.69, 9.17) is 0 Å². The summed E-state index contributed by atoms with van der Waals surface area (Å²) in [7, 11) is -1.44. The fourth-order valence-electron chi connectivity index (χ4n) is 2.81. The van der Waals surface area contributed by atoms with Gasteiger partial charge in [-0.15, -0.1) is 0 Å². The van der Waals surface area contributed by atoms with Crippen LogP contribution in [0, 0.1) is 5.41 Å². The summed E-state index contributed by atoms with van der Waals surface area (Å²) in [5.41, 5.74) is 2.95. The lowest BCUT2D eigenvalue weighted by atomic mass is 9.92. The number of halogens is 1. The van der Waals surface area contributed by atoms with E-state index >= 15 is 0 Å². The van der Waals surface area contributed by atoms with Gasteiger partial charge in [0.05, 0.1) is 12.1 Å². The number of rotatable bonds is 8. The molecule has 0 aliphatic carbocycles. The van der Waals surface area contributed by atoms with Gasteiger partial charge in [-0.25, -0.2) is 0 Å². The maximum absolute atomic E-state index is 12.6. The Morgan fingerprint density at radius 2 is 1.65 bits per heavy atom. The Hall–Kier alpha value is -1.65. The smallest absolute Gasteiger partial charge is 0.0812 e. The summed E-state index contributed by atoms with van der Waals surface area (Å²) in [5, 5.41) is 3.36. The molecule has 0 aliphatic rings. The first-order chi connectivity index (χ1) is 12.2. The van der Waals surface area contributed by atoms with Crippen molar-refractivity contribution >= 4 is 38.8 Å². The van der Waals surface area contributed by atoms with E-state index in [1.165, 1.54) is 10.5 Å². The topological polar surface area (TPSA) is 12.0 Å². The Kier molecular flexibility index (Phi) is 6.64. The first-order valence-electron chi connectivity index (χ1n) is 8.59. The van der Waals surface area contributed by atoms with Crippen LogP contribution < -0.4 is 5.32 Å². The molecule has 0 heterocycles. The molecule has 0 spiro atoms. The molecular formula is C22H28FNS2. The van der Waals surface area contributed by atoms with Gasteiger partial charge < -0.3 is 5.32 Å². The first-order valence-corrected chi connectivity index (χ1v) is 11.4. The molecular weight excluding hydrogens is 361 g/mol. The zero-order valence-corrected chi connectivity index (χ0v) is 17.5.